The van der Waals surface area contributed by atoms with Gasteiger partial charge in [0.1, 0.15) is 5.76 Å². The zero-order chi connectivity index (χ0) is 5.98. The first-order chi connectivity index (χ1) is 3.83. The molecule has 1 heterocycles. The van der Waals surface area contributed by atoms with Gasteiger partial charge in [-0.2, -0.15) is 0 Å². The van der Waals surface area contributed by atoms with Crippen LogP contribution in [0.4, 0.5) is 0 Å². The second-order valence-electron chi connectivity index (χ2n) is 1.94. The van der Waals surface area contributed by atoms with Gasteiger partial charge in [0.2, 0.25) is 0 Å². The first kappa shape index (κ1) is 13.5. The molecule has 0 saturated heterocycles. The fraction of sp³-hybridized carbons (Fsp3) is 0.375. The molecule has 0 aliphatic heterocycles. The normalized spacial score (nSPS) is 7.80. The summed E-state index contributed by atoms with van der Waals surface area (Å²) < 4.78 is 5.11. The van der Waals surface area contributed by atoms with Crippen molar-refractivity contribution in [3.8, 4) is 0 Å². The van der Waals surface area contributed by atoms with Gasteiger partial charge >= 0.3 is 51.4 Å². The molecule has 1 aromatic heterocycles. The zero-order valence-corrected chi connectivity index (χ0v) is 10.4. The number of hydrogen-bond acceptors (Lipinski definition) is 1. The van der Waals surface area contributed by atoms with E-state index in [1.54, 1.807) is 6.26 Å². The summed E-state index contributed by atoms with van der Waals surface area (Å²) in [4.78, 5) is 0. The van der Waals surface area contributed by atoms with E-state index in [-0.39, 0.29) is 58.8 Å². The fourth-order valence-corrected chi connectivity index (χ4v) is 0.676. The quantitative estimate of drug-likeness (QED) is 0.407. The van der Waals surface area contributed by atoms with Crippen molar-refractivity contribution in [1.82, 2.24) is 0 Å². The molecule has 1 rings (SSSR count). The first-order valence-corrected chi connectivity index (χ1v) is 2.87. The summed E-state index contributed by atoms with van der Waals surface area (Å²) in [5, 5.41) is 0. The van der Waals surface area contributed by atoms with Gasteiger partial charge in [-0.3, -0.25) is 0 Å². The van der Waals surface area contributed by atoms with Gasteiger partial charge in [0.15, 0.2) is 0 Å². The Hall–Kier alpha value is 0.916. The van der Waals surface area contributed by atoms with Crippen LogP contribution in [0.2, 0.25) is 0 Å². The molecule has 0 radical (unpaired) electrons. The summed E-state index contributed by atoms with van der Waals surface area (Å²) in [5.41, 5.74) is 1.21. The zero-order valence-electron chi connectivity index (χ0n) is 7.27. The molecule has 0 aromatic carbocycles. The minimum atomic E-state index is 0. The molecule has 0 fully saturated rings. The molecule has 0 spiro atoms. The van der Waals surface area contributed by atoms with Gasteiger partial charge in [0.25, 0.3) is 0 Å². The number of hydrogen-bond donors (Lipinski definition) is 0. The van der Waals surface area contributed by atoms with Crippen molar-refractivity contribution < 1.29 is 55.8 Å². The van der Waals surface area contributed by atoms with E-state index in [1.807, 2.05) is 6.92 Å². The van der Waals surface area contributed by atoms with Crippen molar-refractivity contribution in [1.29, 1.82) is 0 Å². The number of furan rings is 1. The fourth-order valence-electron chi connectivity index (χ4n) is 0.676. The van der Waals surface area contributed by atoms with E-state index in [1.165, 1.54) is 5.56 Å². The van der Waals surface area contributed by atoms with Gasteiger partial charge < -0.3 is 11.8 Å². The average Bonchev–Trinajstić information content (AvgIpc) is 2.14. The Kier molecular flexibility index (Phi) is 8.93. The molecular formula is C8H13KO. The van der Waals surface area contributed by atoms with E-state index in [2.05, 4.69) is 13.0 Å². The van der Waals surface area contributed by atoms with Crippen LogP contribution in [0, 0.1) is 14.4 Å². The Balaban J connectivity index is 0. The summed E-state index contributed by atoms with van der Waals surface area (Å²) in [6.07, 6.45) is 2.77. The van der Waals surface area contributed by atoms with Crippen LogP contribution in [0.1, 0.15) is 18.2 Å². The number of rotatable bonds is 1. The summed E-state index contributed by atoms with van der Waals surface area (Å²) in [6, 6.07) is 2.06. The maximum Gasteiger partial charge on any atom is 1.00 e. The third-order valence-electron chi connectivity index (χ3n) is 1.13. The van der Waals surface area contributed by atoms with Crippen LogP contribution in [-0.4, -0.2) is 0 Å². The van der Waals surface area contributed by atoms with Gasteiger partial charge in [-0.1, -0.05) is 6.92 Å². The molecule has 0 saturated carbocycles. The largest absolute Gasteiger partial charge is 1.00 e. The van der Waals surface area contributed by atoms with Crippen LogP contribution in [-0.2, 0) is 6.42 Å². The molecule has 0 bridgehead atoms. The van der Waals surface area contributed by atoms with E-state index in [4.69, 9.17) is 4.42 Å². The smallest absolute Gasteiger partial charge is 0.469 e. The third kappa shape index (κ3) is 3.94. The molecule has 1 nitrogen and oxygen atoms in total. The van der Waals surface area contributed by atoms with Crippen molar-refractivity contribution in [2.45, 2.75) is 20.3 Å². The van der Waals surface area contributed by atoms with Crippen molar-refractivity contribution in [3.63, 3.8) is 0 Å². The molecule has 52 valence electrons. The predicted octanol–water partition coefficient (Wildman–Crippen LogP) is -0.395. The maximum atomic E-state index is 5.11. The van der Waals surface area contributed by atoms with E-state index in [0.717, 1.165) is 12.2 Å². The van der Waals surface area contributed by atoms with Gasteiger partial charge in [-0.15, -0.1) is 0 Å². The van der Waals surface area contributed by atoms with Gasteiger partial charge in [-0.25, -0.2) is 0 Å². The molecule has 0 N–H and O–H groups in total. The minimum absolute atomic E-state index is 0. The van der Waals surface area contributed by atoms with Crippen molar-refractivity contribution in [2.75, 3.05) is 0 Å². The number of aryl methyl sites for hydroxylation is 2. The average molecular weight is 164 g/mol. The maximum absolute atomic E-state index is 5.11. The van der Waals surface area contributed by atoms with E-state index in [0.29, 0.717) is 0 Å². The van der Waals surface area contributed by atoms with Crippen LogP contribution in [0.15, 0.2) is 16.7 Å². The van der Waals surface area contributed by atoms with Crippen LogP contribution in [0.5, 0.6) is 0 Å². The summed E-state index contributed by atoms with van der Waals surface area (Å²) in [5.74, 6) is 1.07. The molecule has 1 aromatic rings. The Labute approximate surface area is 106 Å². The van der Waals surface area contributed by atoms with Crippen LogP contribution in [0.25, 0.3) is 0 Å². The standard InChI is InChI=1S/C7H10O.CH3.K/c1-3-7-4-6(2)5-8-7;;/h4-5H,3H2,1-2H3;1H3;/q;-1;+1. The Bertz CT molecular complexity index is 170. The Morgan fingerprint density at radius 2 is 2.10 bits per heavy atom. The van der Waals surface area contributed by atoms with E-state index >= 15 is 0 Å². The Morgan fingerprint density at radius 3 is 2.30 bits per heavy atom. The van der Waals surface area contributed by atoms with Crippen LogP contribution in [0.3, 0.4) is 0 Å². The molecule has 0 amide bonds. The predicted molar refractivity (Wildman–Crippen MR) is 39.2 cm³/mol. The summed E-state index contributed by atoms with van der Waals surface area (Å²) >= 11 is 0. The summed E-state index contributed by atoms with van der Waals surface area (Å²) in [6.45, 7) is 4.11. The van der Waals surface area contributed by atoms with Crippen molar-refractivity contribution in [2.24, 2.45) is 0 Å². The monoisotopic (exact) mass is 164 g/mol. The van der Waals surface area contributed by atoms with Gasteiger partial charge in [-0.05, 0) is 18.6 Å². The second-order valence-corrected chi connectivity index (χ2v) is 1.94. The molecule has 0 aliphatic rings. The van der Waals surface area contributed by atoms with E-state index in [9.17, 15) is 0 Å². The Morgan fingerprint density at radius 1 is 1.50 bits per heavy atom. The molecular weight excluding hydrogens is 151 g/mol. The van der Waals surface area contributed by atoms with Crippen LogP contribution >= 0.6 is 0 Å². The third-order valence-corrected chi connectivity index (χ3v) is 1.13. The molecule has 0 atom stereocenters. The molecule has 10 heavy (non-hydrogen) atoms. The molecule has 0 aliphatic carbocycles. The van der Waals surface area contributed by atoms with Crippen molar-refractivity contribution >= 4 is 0 Å². The molecule has 2 heteroatoms. The molecule has 0 unspecified atom stereocenters. The van der Waals surface area contributed by atoms with E-state index < -0.39 is 0 Å². The summed E-state index contributed by atoms with van der Waals surface area (Å²) in [7, 11) is 0. The van der Waals surface area contributed by atoms with Crippen molar-refractivity contribution in [3.05, 3.63) is 31.1 Å². The minimum Gasteiger partial charge on any atom is -0.469 e. The van der Waals surface area contributed by atoms with Gasteiger partial charge in [0, 0.05) is 6.42 Å². The topological polar surface area (TPSA) is 13.1 Å². The van der Waals surface area contributed by atoms with Gasteiger partial charge in [0.05, 0.1) is 6.26 Å². The first-order valence-electron chi connectivity index (χ1n) is 2.87. The van der Waals surface area contributed by atoms with Crippen LogP contribution < -0.4 is 51.4 Å². The second kappa shape index (κ2) is 6.62. The SMILES string of the molecule is CCc1cc(C)co1.[CH3-].[K+].